The van der Waals surface area contributed by atoms with Crippen molar-refractivity contribution in [3.8, 4) is 23.0 Å². The van der Waals surface area contributed by atoms with Crippen LogP contribution in [0.5, 0.6) is 23.0 Å². The number of carbonyl (C=O) groups excluding carboxylic acids is 2. The molecule has 4 rings (SSSR count). The van der Waals surface area contributed by atoms with Gasteiger partial charge in [0.15, 0.2) is 29.1 Å². The van der Waals surface area contributed by atoms with Crippen molar-refractivity contribution in [3.63, 3.8) is 0 Å². The zero-order valence-electron chi connectivity index (χ0n) is 23.2. The zero-order chi connectivity index (χ0) is 27.9. The fraction of sp³-hybridized carbons (Fsp3) is 0.533. The number of para-hydroxylation sites is 2. The first-order valence-corrected chi connectivity index (χ1v) is 14.2. The first-order chi connectivity index (χ1) is 18.8. The van der Waals surface area contributed by atoms with Crippen LogP contribution in [0.25, 0.3) is 0 Å². The number of ether oxygens (including phenoxy) is 4. The Morgan fingerprint density at radius 3 is 2.46 bits per heavy atom. The summed E-state index contributed by atoms with van der Waals surface area (Å²) in [5.74, 6) is 2.02. The summed E-state index contributed by atoms with van der Waals surface area (Å²) in [7, 11) is 1.55. The molecule has 2 aromatic carbocycles. The fourth-order valence-electron chi connectivity index (χ4n) is 5.16. The number of nitrogens with one attached hydrogen (secondary N) is 1. The highest BCUT2D eigenvalue weighted by Crippen LogP contribution is 2.35. The van der Waals surface area contributed by atoms with Gasteiger partial charge in [0, 0.05) is 6.04 Å². The Bertz CT molecular complexity index is 1130. The molecule has 1 N–H and O–H groups in total. The van der Waals surface area contributed by atoms with Crippen LogP contribution in [-0.4, -0.2) is 61.1 Å². The largest absolute Gasteiger partial charge is 0.493 e. The normalized spacial score (nSPS) is 21.1. The molecule has 8 nitrogen and oxygen atoms in total. The molecule has 2 aromatic rings. The minimum atomic E-state index is -0.946. The van der Waals surface area contributed by atoms with Crippen molar-refractivity contribution in [1.82, 2.24) is 10.2 Å². The molecular formula is C30H39ClN2O6. The molecule has 1 aliphatic carbocycles. The van der Waals surface area contributed by atoms with E-state index in [9.17, 15) is 9.59 Å². The second-order valence-electron chi connectivity index (χ2n) is 10.6. The molecule has 0 saturated heterocycles. The van der Waals surface area contributed by atoms with E-state index < -0.39 is 12.1 Å². The van der Waals surface area contributed by atoms with Crippen molar-refractivity contribution in [2.75, 3.05) is 26.1 Å². The van der Waals surface area contributed by atoms with Crippen molar-refractivity contribution in [3.05, 3.63) is 48.0 Å². The smallest absolute Gasteiger partial charge is 0.247 e. The Hall–Kier alpha value is -3.13. The molecule has 2 aliphatic rings. The Morgan fingerprint density at radius 1 is 1.08 bits per heavy atom. The van der Waals surface area contributed by atoms with Crippen LogP contribution in [0.4, 0.5) is 0 Å². The minimum absolute atomic E-state index is 0.0516. The van der Waals surface area contributed by atoms with Gasteiger partial charge in [0.25, 0.3) is 0 Å². The molecule has 1 saturated carbocycles. The summed E-state index contributed by atoms with van der Waals surface area (Å²) in [6, 6.07) is 11.8. The number of rotatable bonds is 10. The number of carbonyl (C=O) groups is 2. The Kier molecular flexibility index (Phi) is 9.83. The van der Waals surface area contributed by atoms with Gasteiger partial charge in [-0.1, -0.05) is 25.1 Å². The fourth-order valence-corrected chi connectivity index (χ4v) is 5.32. The van der Waals surface area contributed by atoms with E-state index in [1.165, 1.54) is 4.90 Å². The molecule has 1 fully saturated rings. The highest BCUT2D eigenvalue weighted by atomic mass is 35.5. The predicted octanol–water partition coefficient (Wildman–Crippen LogP) is 5.13. The van der Waals surface area contributed by atoms with E-state index in [4.69, 9.17) is 30.5 Å². The molecule has 2 atom stereocenters. The summed E-state index contributed by atoms with van der Waals surface area (Å²) >= 11 is 6.09. The number of benzene rings is 2. The lowest BCUT2D eigenvalue weighted by atomic mass is 9.87. The van der Waals surface area contributed by atoms with Crippen LogP contribution < -0.4 is 24.3 Å². The first kappa shape index (κ1) is 28.9. The van der Waals surface area contributed by atoms with Gasteiger partial charge in [-0.05, 0) is 75.3 Å². The maximum absolute atomic E-state index is 14.0. The molecule has 1 aliphatic heterocycles. The summed E-state index contributed by atoms with van der Waals surface area (Å²) in [6.45, 7) is 6.45. The van der Waals surface area contributed by atoms with Gasteiger partial charge in [-0.3, -0.25) is 9.59 Å². The summed E-state index contributed by atoms with van der Waals surface area (Å²) in [5.41, 5.74) is 0.597. The Labute approximate surface area is 235 Å². The van der Waals surface area contributed by atoms with Gasteiger partial charge in [0.2, 0.25) is 11.8 Å². The van der Waals surface area contributed by atoms with Gasteiger partial charge < -0.3 is 29.2 Å². The molecule has 212 valence electrons. The number of hydrogen-bond donors (Lipinski definition) is 1. The van der Waals surface area contributed by atoms with Crippen LogP contribution >= 0.6 is 11.6 Å². The predicted molar refractivity (Wildman–Crippen MR) is 150 cm³/mol. The van der Waals surface area contributed by atoms with E-state index in [-0.39, 0.29) is 43.0 Å². The Morgan fingerprint density at radius 2 is 1.79 bits per heavy atom. The van der Waals surface area contributed by atoms with E-state index in [2.05, 4.69) is 12.2 Å². The first-order valence-electron chi connectivity index (χ1n) is 13.7. The maximum atomic E-state index is 14.0. The molecule has 9 heteroatoms. The lowest BCUT2D eigenvalue weighted by Crippen LogP contribution is -2.51. The van der Waals surface area contributed by atoms with Gasteiger partial charge in [-0.15, -0.1) is 11.6 Å². The molecule has 2 amide bonds. The van der Waals surface area contributed by atoms with Gasteiger partial charge in [-0.2, -0.15) is 0 Å². The van der Waals surface area contributed by atoms with Gasteiger partial charge in [0.1, 0.15) is 18.5 Å². The third-order valence-electron chi connectivity index (χ3n) is 7.19. The summed E-state index contributed by atoms with van der Waals surface area (Å²) in [5, 5.41) is 3.21. The van der Waals surface area contributed by atoms with Crippen molar-refractivity contribution in [1.29, 1.82) is 0 Å². The average Bonchev–Trinajstić information content (AvgIpc) is 2.93. The van der Waals surface area contributed by atoms with E-state index in [1.54, 1.807) is 25.3 Å². The third kappa shape index (κ3) is 7.29. The van der Waals surface area contributed by atoms with Crippen molar-refractivity contribution < 1.29 is 28.5 Å². The van der Waals surface area contributed by atoms with E-state index in [0.29, 0.717) is 34.5 Å². The molecule has 0 spiro atoms. The molecular weight excluding hydrogens is 520 g/mol. The molecule has 0 bridgehead atoms. The minimum Gasteiger partial charge on any atom is -0.493 e. The van der Waals surface area contributed by atoms with Gasteiger partial charge in [-0.25, -0.2) is 0 Å². The number of nitrogens with zero attached hydrogens (tertiary/aromatic N) is 1. The van der Waals surface area contributed by atoms with E-state index in [0.717, 1.165) is 25.7 Å². The topological polar surface area (TPSA) is 86.3 Å². The van der Waals surface area contributed by atoms with Crippen molar-refractivity contribution in [2.45, 2.75) is 70.7 Å². The lowest BCUT2D eigenvalue weighted by molar-refractivity contribution is -0.141. The highest BCUT2D eigenvalue weighted by molar-refractivity contribution is 6.27. The number of alkyl halides is 1. The molecule has 1 heterocycles. The molecule has 0 radical (unpaired) electrons. The number of fused-ring (bicyclic) bond motifs is 1. The second kappa shape index (κ2) is 13.3. The van der Waals surface area contributed by atoms with Crippen LogP contribution in [0.3, 0.4) is 0 Å². The van der Waals surface area contributed by atoms with E-state index in [1.807, 2.05) is 38.1 Å². The van der Waals surface area contributed by atoms with Crippen LogP contribution in [-0.2, 0) is 9.59 Å². The summed E-state index contributed by atoms with van der Waals surface area (Å²) in [4.78, 5) is 28.8. The number of halogens is 1. The second-order valence-corrected chi connectivity index (χ2v) is 10.9. The van der Waals surface area contributed by atoms with Crippen molar-refractivity contribution >= 4 is 23.4 Å². The number of amides is 2. The zero-order valence-corrected chi connectivity index (χ0v) is 23.9. The standard InChI is InChI=1S/C30H39ClN2O6/c1-19(2)38-26-14-11-21(15-27(26)36-4)29(30(35)32-22-12-9-20(3)10-13-22)33(28(34)16-31)17-23-18-37-24-7-5-6-8-25(24)39-23/h5-8,11,14-15,19-20,22-23,29H,9-10,12-13,16-18H2,1-4H3,(H,32,35)/t20?,22?,23-,29+/m0/s1. The highest BCUT2D eigenvalue weighted by Gasteiger charge is 2.36. The van der Waals surface area contributed by atoms with Crippen LogP contribution in [0.1, 0.15) is 58.1 Å². The lowest BCUT2D eigenvalue weighted by Gasteiger charge is -2.36. The number of methoxy groups -OCH3 is 1. The van der Waals surface area contributed by atoms with Gasteiger partial charge in [0.05, 0.1) is 19.8 Å². The molecule has 0 aromatic heterocycles. The third-order valence-corrected chi connectivity index (χ3v) is 7.42. The van der Waals surface area contributed by atoms with Gasteiger partial charge >= 0.3 is 0 Å². The van der Waals surface area contributed by atoms with Crippen LogP contribution in [0, 0.1) is 5.92 Å². The summed E-state index contributed by atoms with van der Waals surface area (Å²) in [6.07, 6.45) is 3.39. The maximum Gasteiger partial charge on any atom is 0.247 e. The summed E-state index contributed by atoms with van der Waals surface area (Å²) < 4.78 is 23.5. The van der Waals surface area contributed by atoms with E-state index >= 15 is 0 Å². The quantitative estimate of drug-likeness (QED) is 0.407. The monoisotopic (exact) mass is 558 g/mol. The number of hydrogen-bond acceptors (Lipinski definition) is 6. The Balaban J connectivity index is 1.66. The molecule has 39 heavy (non-hydrogen) atoms. The molecule has 0 unspecified atom stereocenters. The van der Waals surface area contributed by atoms with Crippen LogP contribution in [0.2, 0.25) is 0 Å². The average molecular weight is 559 g/mol. The SMILES string of the molecule is COc1cc([C@H](C(=O)NC2CCC(C)CC2)N(C[C@H]2COc3ccccc3O2)C(=O)CCl)ccc1OC(C)C. The van der Waals surface area contributed by atoms with Crippen molar-refractivity contribution in [2.24, 2.45) is 5.92 Å². The van der Waals surface area contributed by atoms with Crippen LogP contribution in [0.15, 0.2) is 42.5 Å².